The largest absolute Gasteiger partial charge is 0.363 e. The van der Waals surface area contributed by atoms with Crippen LogP contribution in [0.3, 0.4) is 0 Å². The van der Waals surface area contributed by atoms with Crippen molar-refractivity contribution in [3.63, 3.8) is 0 Å². The molecule has 0 radical (unpaired) electrons. The molecule has 0 aliphatic carbocycles. The summed E-state index contributed by atoms with van der Waals surface area (Å²) in [5, 5.41) is 3.21. The highest BCUT2D eigenvalue weighted by molar-refractivity contribution is 6.31. The Kier molecular flexibility index (Phi) is 6.29. The summed E-state index contributed by atoms with van der Waals surface area (Å²) in [5.74, 6) is -0.995. The molecule has 0 saturated heterocycles. The predicted octanol–water partition coefficient (Wildman–Crippen LogP) is 6.43. The van der Waals surface area contributed by atoms with Gasteiger partial charge >= 0.3 is 0 Å². The molecule has 1 aliphatic rings. The molecular formula is C25H24ClF3N4O. The predicted molar refractivity (Wildman–Crippen MR) is 125 cm³/mol. The van der Waals surface area contributed by atoms with E-state index in [0.29, 0.717) is 24.5 Å². The van der Waals surface area contributed by atoms with E-state index in [1.54, 1.807) is 17.9 Å². The number of halogens is 4. The van der Waals surface area contributed by atoms with Crippen LogP contribution in [0, 0.1) is 11.6 Å². The van der Waals surface area contributed by atoms with Crippen molar-refractivity contribution in [2.45, 2.75) is 46.0 Å². The second-order valence-corrected chi connectivity index (χ2v) is 9.15. The number of anilines is 1. The highest BCUT2D eigenvalue weighted by Gasteiger charge is 2.30. The van der Waals surface area contributed by atoms with Gasteiger partial charge in [-0.15, -0.1) is 0 Å². The van der Waals surface area contributed by atoms with Crippen LogP contribution in [0.25, 0.3) is 11.3 Å². The molecule has 34 heavy (non-hydrogen) atoms. The van der Waals surface area contributed by atoms with Crippen molar-refractivity contribution in [1.29, 1.82) is 0 Å². The van der Waals surface area contributed by atoms with Crippen LogP contribution in [0.4, 0.5) is 19.0 Å². The molecule has 1 aliphatic heterocycles. The molecular weight excluding hydrogens is 465 g/mol. The first-order chi connectivity index (χ1) is 16.0. The fourth-order valence-electron chi connectivity index (χ4n) is 4.08. The lowest BCUT2D eigenvalue weighted by Crippen LogP contribution is -2.22. The van der Waals surface area contributed by atoms with Gasteiger partial charge in [0, 0.05) is 46.8 Å². The topological polar surface area (TPSA) is 58.1 Å². The SMILES string of the molecule is CCN1Cc2c(ccnc2N[C@@H](C)c2cc(F)c(-c3cc(C(C)(C)F)c(Cl)cn3)cc2F)C1=O. The lowest BCUT2D eigenvalue weighted by atomic mass is 9.97. The molecule has 3 heterocycles. The van der Waals surface area contributed by atoms with Gasteiger partial charge in [0.1, 0.15) is 23.1 Å². The van der Waals surface area contributed by atoms with Gasteiger partial charge < -0.3 is 10.2 Å². The van der Waals surface area contributed by atoms with Crippen LogP contribution in [-0.2, 0) is 12.2 Å². The zero-order valence-corrected chi connectivity index (χ0v) is 20.0. The van der Waals surface area contributed by atoms with Crippen LogP contribution in [0.2, 0.25) is 5.02 Å². The minimum absolute atomic E-state index is 0.0782. The fraction of sp³-hybridized carbons (Fsp3) is 0.320. The third kappa shape index (κ3) is 4.34. The number of pyridine rings is 2. The smallest absolute Gasteiger partial charge is 0.254 e. The Bertz CT molecular complexity index is 1280. The van der Waals surface area contributed by atoms with Crippen LogP contribution < -0.4 is 5.32 Å². The van der Waals surface area contributed by atoms with Crippen molar-refractivity contribution in [3.05, 3.63) is 75.6 Å². The molecule has 9 heteroatoms. The minimum atomic E-state index is -1.78. The van der Waals surface area contributed by atoms with Crippen LogP contribution in [0.1, 0.15) is 60.8 Å². The van der Waals surface area contributed by atoms with Crippen LogP contribution in [0.15, 0.2) is 36.7 Å². The summed E-state index contributed by atoms with van der Waals surface area (Å²) in [6.45, 7) is 7.18. The van der Waals surface area contributed by atoms with Crippen molar-refractivity contribution in [2.24, 2.45) is 0 Å². The zero-order chi connectivity index (χ0) is 24.8. The molecule has 1 N–H and O–H groups in total. The quantitative estimate of drug-likeness (QED) is 0.434. The van der Waals surface area contributed by atoms with E-state index >= 15 is 8.78 Å². The van der Waals surface area contributed by atoms with Gasteiger partial charge in [0.2, 0.25) is 0 Å². The Morgan fingerprint density at radius 2 is 1.91 bits per heavy atom. The number of hydrogen-bond acceptors (Lipinski definition) is 4. The molecule has 1 amide bonds. The number of nitrogens with zero attached hydrogens (tertiary/aromatic N) is 3. The van der Waals surface area contributed by atoms with Gasteiger partial charge in [-0.1, -0.05) is 11.6 Å². The van der Waals surface area contributed by atoms with E-state index < -0.39 is 23.3 Å². The van der Waals surface area contributed by atoms with Crippen molar-refractivity contribution in [1.82, 2.24) is 14.9 Å². The zero-order valence-electron chi connectivity index (χ0n) is 19.2. The number of hydrogen-bond donors (Lipinski definition) is 1. The lowest BCUT2D eigenvalue weighted by Gasteiger charge is -2.19. The highest BCUT2D eigenvalue weighted by atomic mass is 35.5. The first-order valence-corrected chi connectivity index (χ1v) is 11.3. The number of alkyl halides is 1. The fourth-order valence-corrected chi connectivity index (χ4v) is 4.41. The summed E-state index contributed by atoms with van der Waals surface area (Å²) in [6, 6.07) is 4.47. The molecule has 0 spiro atoms. The van der Waals surface area contributed by atoms with Gasteiger partial charge in [0.15, 0.2) is 0 Å². The van der Waals surface area contributed by atoms with Crippen molar-refractivity contribution < 1.29 is 18.0 Å². The molecule has 5 nitrogen and oxygen atoms in total. The van der Waals surface area contributed by atoms with Crippen molar-refractivity contribution in [3.8, 4) is 11.3 Å². The van der Waals surface area contributed by atoms with E-state index in [2.05, 4.69) is 15.3 Å². The molecule has 0 saturated carbocycles. The molecule has 2 aromatic heterocycles. The van der Waals surface area contributed by atoms with Gasteiger partial charge in [-0.25, -0.2) is 18.2 Å². The maximum absolute atomic E-state index is 15.1. The van der Waals surface area contributed by atoms with Crippen LogP contribution >= 0.6 is 11.6 Å². The van der Waals surface area contributed by atoms with Crippen molar-refractivity contribution in [2.75, 3.05) is 11.9 Å². The minimum Gasteiger partial charge on any atom is -0.363 e. The van der Waals surface area contributed by atoms with Gasteiger partial charge in [-0.3, -0.25) is 9.78 Å². The van der Waals surface area contributed by atoms with Gasteiger partial charge in [-0.2, -0.15) is 0 Å². The standard InChI is InChI=1S/C25H24ClF3N4O/c1-5-33-12-17-14(24(33)34)6-7-30-23(17)32-13(2)15-8-21(28)16(9-20(15)27)22-10-18(25(3,4)29)19(26)11-31-22/h6-11,13H,5,12H2,1-4H3,(H,30,32)/t13-/m0/s1. The van der Waals surface area contributed by atoms with Gasteiger partial charge in [-0.05, 0) is 52.0 Å². The lowest BCUT2D eigenvalue weighted by molar-refractivity contribution is 0.0787. The molecule has 0 fully saturated rings. The Balaban J connectivity index is 1.65. The summed E-state index contributed by atoms with van der Waals surface area (Å²) >= 11 is 6.04. The summed E-state index contributed by atoms with van der Waals surface area (Å²) in [5.41, 5.74) is -0.303. The molecule has 178 valence electrons. The molecule has 3 aromatic rings. The summed E-state index contributed by atoms with van der Waals surface area (Å²) in [4.78, 5) is 22.5. The highest BCUT2D eigenvalue weighted by Crippen LogP contribution is 2.36. The third-order valence-corrected chi connectivity index (χ3v) is 6.28. The van der Waals surface area contributed by atoms with Gasteiger partial charge in [0.25, 0.3) is 5.91 Å². The number of nitrogens with one attached hydrogen (secondary N) is 1. The number of rotatable bonds is 6. The van der Waals surface area contributed by atoms with Crippen molar-refractivity contribution >= 4 is 23.3 Å². The summed E-state index contributed by atoms with van der Waals surface area (Å²) in [6.07, 6.45) is 2.74. The van der Waals surface area contributed by atoms with E-state index in [1.807, 2.05) is 6.92 Å². The number of amides is 1. The van der Waals surface area contributed by atoms with E-state index in [9.17, 15) is 9.18 Å². The Morgan fingerprint density at radius 3 is 2.59 bits per heavy atom. The maximum Gasteiger partial charge on any atom is 0.254 e. The molecule has 1 atom stereocenters. The molecule has 1 aromatic carbocycles. The van der Waals surface area contributed by atoms with Crippen LogP contribution in [0.5, 0.6) is 0 Å². The Hall–Kier alpha value is -3.13. The first kappa shape index (κ1) is 24.0. The number of fused-ring (bicyclic) bond motifs is 1. The van der Waals surface area contributed by atoms with Crippen LogP contribution in [-0.4, -0.2) is 27.3 Å². The van der Waals surface area contributed by atoms with E-state index in [-0.39, 0.29) is 33.3 Å². The molecule has 4 rings (SSSR count). The first-order valence-electron chi connectivity index (χ1n) is 10.9. The third-order valence-electron chi connectivity index (χ3n) is 5.98. The van der Waals surface area contributed by atoms with E-state index in [4.69, 9.17) is 11.6 Å². The van der Waals surface area contributed by atoms with E-state index in [0.717, 1.165) is 17.7 Å². The number of benzene rings is 1. The van der Waals surface area contributed by atoms with E-state index in [1.165, 1.54) is 32.3 Å². The maximum atomic E-state index is 15.1. The Morgan fingerprint density at radius 1 is 1.18 bits per heavy atom. The summed E-state index contributed by atoms with van der Waals surface area (Å²) in [7, 11) is 0. The average molecular weight is 489 g/mol. The second kappa shape index (κ2) is 8.91. The molecule has 0 bridgehead atoms. The summed E-state index contributed by atoms with van der Waals surface area (Å²) < 4.78 is 44.7. The average Bonchev–Trinajstić information content (AvgIpc) is 3.11. The normalized spacial score (nSPS) is 14.4. The number of aromatic nitrogens is 2. The number of carbonyl (C=O) groups is 1. The monoisotopic (exact) mass is 488 g/mol. The Labute approximate surface area is 201 Å². The molecule has 0 unspecified atom stereocenters. The number of carbonyl (C=O) groups excluding carboxylic acids is 1. The van der Waals surface area contributed by atoms with Gasteiger partial charge in [0.05, 0.1) is 23.3 Å². The second-order valence-electron chi connectivity index (χ2n) is 8.75.